The third-order valence-corrected chi connectivity index (χ3v) is 6.07. The molecule has 1 fully saturated rings. The number of hydrogen-bond donors (Lipinski definition) is 1. The van der Waals surface area contributed by atoms with Crippen molar-refractivity contribution < 1.29 is 27.1 Å². The summed E-state index contributed by atoms with van der Waals surface area (Å²) in [5.74, 6) is -1.85. The Balaban J connectivity index is 2.30. The highest BCUT2D eigenvalue weighted by Crippen LogP contribution is 2.33. The summed E-state index contributed by atoms with van der Waals surface area (Å²) in [6, 6.07) is 0. The Morgan fingerprint density at radius 3 is 2.75 bits per heavy atom. The fourth-order valence-electron chi connectivity index (χ4n) is 2.17. The fourth-order valence-corrected chi connectivity index (χ4v) is 5.07. The number of carbonyl (C=O) groups is 1. The van der Waals surface area contributed by atoms with Crippen LogP contribution in [0.1, 0.15) is 24.8 Å². The summed E-state index contributed by atoms with van der Waals surface area (Å²) in [5.41, 5.74) is -0.521. The number of hydrogen-bond acceptors (Lipinski definition) is 4. The summed E-state index contributed by atoms with van der Waals surface area (Å²) in [5, 5.41) is 11.2. The Labute approximate surface area is 118 Å². The summed E-state index contributed by atoms with van der Waals surface area (Å²) >= 11 is 0.890. The van der Waals surface area contributed by atoms with E-state index in [2.05, 4.69) is 0 Å². The number of carboxylic acid groups (broad SMARTS) is 1. The summed E-state index contributed by atoms with van der Waals surface area (Å²) in [6.07, 6.45) is -2.07. The van der Waals surface area contributed by atoms with E-state index >= 15 is 0 Å². The van der Waals surface area contributed by atoms with Crippen LogP contribution in [0, 0.1) is 5.92 Å². The van der Waals surface area contributed by atoms with Crippen molar-refractivity contribution in [2.45, 2.75) is 24.2 Å². The van der Waals surface area contributed by atoms with Crippen LogP contribution < -0.4 is 0 Å². The maximum Gasteiger partial charge on any atom is 0.307 e. The summed E-state index contributed by atoms with van der Waals surface area (Å²) in [7, 11) is -4.06. The second kappa shape index (κ2) is 5.74. The van der Waals surface area contributed by atoms with Gasteiger partial charge in [0.05, 0.1) is 5.92 Å². The maximum atomic E-state index is 12.8. The number of aliphatic carboxylic acids is 1. The highest BCUT2D eigenvalue weighted by molar-refractivity contribution is 7.89. The number of alkyl halides is 2. The Hall–Kier alpha value is -1.06. The minimum Gasteiger partial charge on any atom is -0.481 e. The molecule has 0 bridgehead atoms. The molecule has 0 aromatic carbocycles. The lowest BCUT2D eigenvalue weighted by Crippen LogP contribution is -2.42. The van der Waals surface area contributed by atoms with Gasteiger partial charge >= 0.3 is 5.97 Å². The number of thiophene rings is 1. The van der Waals surface area contributed by atoms with E-state index in [9.17, 15) is 22.0 Å². The zero-order valence-corrected chi connectivity index (χ0v) is 12.0. The van der Waals surface area contributed by atoms with Gasteiger partial charge in [-0.1, -0.05) is 0 Å². The van der Waals surface area contributed by atoms with Gasteiger partial charge in [-0.05, 0) is 12.8 Å². The molecule has 1 aliphatic heterocycles. The Morgan fingerprint density at radius 1 is 1.45 bits per heavy atom. The number of carboxylic acids is 1. The molecular weight excluding hydrogens is 312 g/mol. The Morgan fingerprint density at radius 2 is 2.15 bits per heavy atom. The molecule has 1 aromatic heterocycles. The molecule has 5 nitrogen and oxygen atoms in total. The standard InChI is InChI=1S/C11H13F2NO4S2/c12-10(13)8-5-19-6-9(8)20(17,18)14-3-1-2-7(4-14)11(15)16/h5-7,10H,1-4H2,(H,15,16)/t7-/m1/s1. The van der Waals surface area contributed by atoms with Crippen molar-refractivity contribution in [2.24, 2.45) is 5.92 Å². The van der Waals surface area contributed by atoms with Crippen molar-refractivity contribution in [3.8, 4) is 0 Å². The quantitative estimate of drug-likeness (QED) is 0.920. The van der Waals surface area contributed by atoms with Crippen molar-refractivity contribution in [1.29, 1.82) is 0 Å². The third kappa shape index (κ3) is 2.84. The predicted octanol–water partition coefficient (Wildman–Crippen LogP) is 2.17. The van der Waals surface area contributed by atoms with Gasteiger partial charge < -0.3 is 5.11 Å². The second-order valence-corrected chi connectivity index (χ2v) is 7.18. The molecule has 2 rings (SSSR count). The van der Waals surface area contributed by atoms with E-state index in [-0.39, 0.29) is 13.1 Å². The molecule has 1 N–H and O–H groups in total. The van der Waals surface area contributed by atoms with Crippen LogP contribution >= 0.6 is 11.3 Å². The lowest BCUT2D eigenvalue weighted by molar-refractivity contribution is -0.142. The molecule has 0 spiro atoms. The maximum absolute atomic E-state index is 12.8. The van der Waals surface area contributed by atoms with Gasteiger partial charge in [0, 0.05) is 29.4 Å². The van der Waals surface area contributed by atoms with Crippen LogP contribution in [0.15, 0.2) is 15.7 Å². The average molecular weight is 325 g/mol. The van der Waals surface area contributed by atoms with E-state index in [1.807, 2.05) is 0 Å². The zero-order valence-electron chi connectivity index (χ0n) is 10.3. The Kier molecular flexibility index (Phi) is 4.40. The number of halogens is 2. The van der Waals surface area contributed by atoms with Crippen molar-refractivity contribution >= 4 is 27.3 Å². The lowest BCUT2D eigenvalue weighted by atomic mass is 10.0. The number of nitrogens with zero attached hydrogens (tertiary/aromatic N) is 1. The van der Waals surface area contributed by atoms with E-state index in [1.165, 1.54) is 5.38 Å². The van der Waals surface area contributed by atoms with Crippen LogP contribution in [-0.2, 0) is 14.8 Å². The number of rotatable bonds is 4. The molecule has 9 heteroatoms. The summed E-state index contributed by atoms with van der Waals surface area (Å²) in [4.78, 5) is 10.5. The third-order valence-electron chi connectivity index (χ3n) is 3.24. The van der Waals surface area contributed by atoms with E-state index in [4.69, 9.17) is 5.11 Å². The van der Waals surface area contributed by atoms with Crippen LogP contribution in [0.2, 0.25) is 0 Å². The van der Waals surface area contributed by atoms with Gasteiger partial charge in [0.1, 0.15) is 4.90 Å². The molecule has 0 amide bonds. The van der Waals surface area contributed by atoms with Crippen LogP contribution in [0.3, 0.4) is 0 Å². The molecular formula is C11H13F2NO4S2. The molecule has 112 valence electrons. The molecule has 1 aromatic rings. The van der Waals surface area contributed by atoms with Crippen LogP contribution in [0.25, 0.3) is 0 Å². The topological polar surface area (TPSA) is 74.7 Å². The molecule has 1 saturated heterocycles. The van der Waals surface area contributed by atoms with Crippen molar-refractivity contribution in [3.63, 3.8) is 0 Å². The van der Waals surface area contributed by atoms with E-state index in [0.29, 0.717) is 12.8 Å². The molecule has 0 saturated carbocycles. The summed E-state index contributed by atoms with van der Waals surface area (Å²) < 4.78 is 51.3. The number of piperidine rings is 1. The molecule has 0 unspecified atom stereocenters. The highest BCUT2D eigenvalue weighted by atomic mass is 32.2. The number of sulfonamides is 1. The van der Waals surface area contributed by atoms with Gasteiger partial charge in [0.15, 0.2) is 0 Å². The molecule has 1 atom stereocenters. The monoisotopic (exact) mass is 325 g/mol. The average Bonchev–Trinajstić information content (AvgIpc) is 2.89. The lowest BCUT2D eigenvalue weighted by Gasteiger charge is -2.29. The first-order chi connectivity index (χ1) is 9.34. The van der Waals surface area contributed by atoms with Gasteiger partial charge in [0.25, 0.3) is 6.43 Å². The van der Waals surface area contributed by atoms with Gasteiger partial charge in [-0.3, -0.25) is 4.79 Å². The minimum atomic E-state index is -4.06. The molecule has 0 aliphatic carbocycles. The predicted molar refractivity (Wildman–Crippen MR) is 68.4 cm³/mol. The van der Waals surface area contributed by atoms with Crippen molar-refractivity contribution in [3.05, 3.63) is 16.3 Å². The van der Waals surface area contributed by atoms with Gasteiger partial charge in [0.2, 0.25) is 10.0 Å². The smallest absolute Gasteiger partial charge is 0.307 e. The van der Waals surface area contributed by atoms with Gasteiger partial charge in [-0.25, -0.2) is 17.2 Å². The normalized spacial score (nSPS) is 21.2. The van der Waals surface area contributed by atoms with E-state index in [1.54, 1.807) is 0 Å². The summed E-state index contributed by atoms with van der Waals surface area (Å²) in [6.45, 7) is -0.0131. The second-order valence-electron chi connectivity index (χ2n) is 4.53. The van der Waals surface area contributed by atoms with Crippen LogP contribution in [0.4, 0.5) is 8.78 Å². The van der Waals surface area contributed by atoms with Crippen LogP contribution in [-0.4, -0.2) is 36.9 Å². The fraction of sp³-hybridized carbons (Fsp3) is 0.545. The molecule has 20 heavy (non-hydrogen) atoms. The van der Waals surface area contributed by atoms with Gasteiger partial charge in [-0.15, -0.1) is 0 Å². The molecule has 1 aliphatic rings. The highest BCUT2D eigenvalue weighted by Gasteiger charge is 2.35. The molecule has 2 heterocycles. The van der Waals surface area contributed by atoms with Gasteiger partial charge in [-0.2, -0.15) is 15.6 Å². The Bertz CT molecular complexity index is 599. The largest absolute Gasteiger partial charge is 0.481 e. The first-order valence-corrected chi connectivity index (χ1v) is 8.29. The first-order valence-electron chi connectivity index (χ1n) is 5.91. The van der Waals surface area contributed by atoms with Crippen LogP contribution in [0.5, 0.6) is 0 Å². The SMILES string of the molecule is O=C(O)[C@@H]1CCCN(S(=O)(=O)c2cscc2C(F)F)C1. The first kappa shape index (κ1) is 15.3. The van der Waals surface area contributed by atoms with E-state index < -0.39 is 38.8 Å². The molecule has 0 radical (unpaired) electrons. The van der Waals surface area contributed by atoms with E-state index in [0.717, 1.165) is 21.0 Å². The zero-order chi connectivity index (χ0) is 14.9. The van der Waals surface area contributed by atoms with Crippen molar-refractivity contribution in [2.75, 3.05) is 13.1 Å². The van der Waals surface area contributed by atoms with Crippen molar-refractivity contribution in [1.82, 2.24) is 4.31 Å². The minimum absolute atomic E-state index is 0.157.